The molecule has 0 heterocycles. The Bertz CT molecular complexity index is 693. The summed E-state index contributed by atoms with van der Waals surface area (Å²) in [5.74, 6) is 0.561. The van der Waals surface area contributed by atoms with E-state index < -0.39 is 4.92 Å². The van der Waals surface area contributed by atoms with E-state index in [9.17, 15) is 10.1 Å². The molecule has 2 aromatic rings. The summed E-state index contributed by atoms with van der Waals surface area (Å²) < 4.78 is 5.53. The van der Waals surface area contributed by atoms with Crippen molar-refractivity contribution in [3.63, 3.8) is 0 Å². The first-order valence-electron chi connectivity index (χ1n) is 6.12. The number of nitro groups is 1. The van der Waals surface area contributed by atoms with Crippen molar-refractivity contribution in [2.45, 2.75) is 13.0 Å². The third-order valence-corrected chi connectivity index (χ3v) is 3.23. The average molecular weight is 303 g/mol. The number of hydrogen-bond acceptors (Lipinski definition) is 4. The van der Waals surface area contributed by atoms with E-state index >= 15 is 0 Å². The standard InChI is InChI=1S/C15H11ClN2O3/c16-14-2-1-3-15(18(19)20)13(14)10-21-12-6-4-11(5-7-12)8-9-17/h1-7H,8,10H2. The Morgan fingerprint density at radius 1 is 1.24 bits per heavy atom. The maximum atomic E-state index is 11.0. The van der Waals surface area contributed by atoms with E-state index in [4.69, 9.17) is 21.6 Å². The van der Waals surface area contributed by atoms with Crippen molar-refractivity contribution in [2.24, 2.45) is 0 Å². The molecule has 0 spiro atoms. The molecule has 5 nitrogen and oxygen atoms in total. The molecule has 0 saturated heterocycles. The van der Waals surface area contributed by atoms with Crippen molar-refractivity contribution >= 4 is 17.3 Å². The lowest BCUT2D eigenvalue weighted by Gasteiger charge is -2.08. The molecule has 0 saturated carbocycles. The number of benzene rings is 2. The van der Waals surface area contributed by atoms with Crippen molar-refractivity contribution in [2.75, 3.05) is 0 Å². The van der Waals surface area contributed by atoms with Crippen LogP contribution in [0.4, 0.5) is 5.69 Å². The Hall–Kier alpha value is -2.58. The zero-order chi connectivity index (χ0) is 15.2. The van der Waals surface area contributed by atoms with Gasteiger partial charge in [-0.1, -0.05) is 29.8 Å². The van der Waals surface area contributed by atoms with Crippen molar-refractivity contribution in [1.29, 1.82) is 5.26 Å². The second-order valence-corrected chi connectivity index (χ2v) is 4.67. The second-order valence-electron chi connectivity index (χ2n) is 4.26. The molecule has 2 aromatic carbocycles. The van der Waals surface area contributed by atoms with Crippen LogP contribution in [0.1, 0.15) is 11.1 Å². The van der Waals surface area contributed by atoms with Crippen molar-refractivity contribution in [3.8, 4) is 11.8 Å². The summed E-state index contributed by atoms with van der Waals surface area (Å²) in [5.41, 5.74) is 1.16. The molecule has 2 rings (SSSR count). The van der Waals surface area contributed by atoms with Gasteiger partial charge in [0.2, 0.25) is 0 Å². The lowest BCUT2D eigenvalue weighted by Crippen LogP contribution is -2.01. The molecule has 6 heteroatoms. The fourth-order valence-corrected chi connectivity index (χ4v) is 2.04. The summed E-state index contributed by atoms with van der Waals surface area (Å²) in [7, 11) is 0. The van der Waals surface area contributed by atoms with Crippen LogP contribution in [-0.4, -0.2) is 4.92 Å². The minimum Gasteiger partial charge on any atom is -0.489 e. The summed E-state index contributed by atoms with van der Waals surface area (Å²) in [6.45, 7) is 0.00752. The maximum absolute atomic E-state index is 11.0. The van der Waals surface area contributed by atoms with E-state index in [0.29, 0.717) is 22.8 Å². The molecule has 106 valence electrons. The van der Waals surface area contributed by atoms with Gasteiger partial charge in [-0.15, -0.1) is 0 Å². The number of hydrogen-bond donors (Lipinski definition) is 0. The first kappa shape index (κ1) is 14.8. The van der Waals surface area contributed by atoms with E-state index in [1.54, 1.807) is 30.3 Å². The predicted molar refractivity (Wildman–Crippen MR) is 78.2 cm³/mol. The zero-order valence-corrected chi connectivity index (χ0v) is 11.7. The van der Waals surface area contributed by atoms with E-state index in [1.807, 2.05) is 0 Å². The van der Waals surface area contributed by atoms with Crippen LogP contribution in [-0.2, 0) is 13.0 Å². The SMILES string of the molecule is N#CCc1ccc(OCc2c(Cl)cccc2[N+](=O)[O-])cc1. The number of ether oxygens (including phenoxy) is 1. The third-order valence-electron chi connectivity index (χ3n) is 2.88. The number of halogens is 1. The fourth-order valence-electron chi connectivity index (χ4n) is 1.81. The normalized spacial score (nSPS) is 9.90. The molecule has 0 amide bonds. The molecule has 0 atom stereocenters. The molecule has 0 unspecified atom stereocenters. The molecule has 0 aliphatic carbocycles. The van der Waals surface area contributed by atoms with Gasteiger partial charge in [0.15, 0.2) is 0 Å². The molecular weight excluding hydrogens is 292 g/mol. The molecule has 21 heavy (non-hydrogen) atoms. The Morgan fingerprint density at radius 2 is 1.95 bits per heavy atom. The highest BCUT2D eigenvalue weighted by molar-refractivity contribution is 6.31. The average Bonchev–Trinajstić information content (AvgIpc) is 2.47. The van der Waals surface area contributed by atoms with Crippen LogP contribution in [0.25, 0.3) is 0 Å². The van der Waals surface area contributed by atoms with E-state index in [0.717, 1.165) is 5.56 Å². The lowest BCUT2D eigenvalue weighted by molar-refractivity contribution is -0.385. The Labute approximate surface area is 126 Å². The van der Waals surface area contributed by atoms with Crippen LogP contribution < -0.4 is 4.74 Å². The molecule has 0 N–H and O–H groups in total. The van der Waals surface area contributed by atoms with Gasteiger partial charge < -0.3 is 4.74 Å². The van der Waals surface area contributed by atoms with Gasteiger partial charge in [-0.3, -0.25) is 10.1 Å². The summed E-state index contributed by atoms with van der Waals surface area (Å²) in [5, 5.41) is 19.9. The van der Waals surface area contributed by atoms with Crippen molar-refractivity contribution in [1.82, 2.24) is 0 Å². The van der Waals surface area contributed by atoms with Crippen LogP contribution in [0.3, 0.4) is 0 Å². The van der Waals surface area contributed by atoms with Gasteiger partial charge in [-0.05, 0) is 23.8 Å². The van der Waals surface area contributed by atoms with E-state index in [1.165, 1.54) is 12.1 Å². The van der Waals surface area contributed by atoms with Crippen LogP contribution in [0.5, 0.6) is 5.75 Å². The minimum absolute atomic E-state index is 0.00752. The quantitative estimate of drug-likeness (QED) is 0.620. The zero-order valence-electron chi connectivity index (χ0n) is 11.0. The van der Waals surface area contributed by atoms with E-state index in [-0.39, 0.29) is 12.3 Å². The van der Waals surface area contributed by atoms with Gasteiger partial charge in [0.05, 0.1) is 28.0 Å². The number of rotatable bonds is 5. The van der Waals surface area contributed by atoms with Gasteiger partial charge in [-0.2, -0.15) is 5.26 Å². The monoisotopic (exact) mass is 302 g/mol. The van der Waals surface area contributed by atoms with Crippen molar-refractivity contribution in [3.05, 3.63) is 68.7 Å². The molecule has 0 bridgehead atoms. The van der Waals surface area contributed by atoms with Gasteiger partial charge in [-0.25, -0.2) is 0 Å². The molecular formula is C15H11ClN2O3. The Morgan fingerprint density at radius 3 is 2.57 bits per heavy atom. The van der Waals surface area contributed by atoms with E-state index in [2.05, 4.69) is 6.07 Å². The molecule has 0 fully saturated rings. The topological polar surface area (TPSA) is 76.2 Å². The Balaban J connectivity index is 2.13. The number of nitriles is 1. The third kappa shape index (κ3) is 3.71. The molecule has 0 aromatic heterocycles. The highest BCUT2D eigenvalue weighted by Crippen LogP contribution is 2.27. The predicted octanol–water partition coefficient (Wildman–Crippen LogP) is 3.89. The van der Waals surface area contributed by atoms with Gasteiger partial charge >= 0.3 is 0 Å². The molecule has 0 radical (unpaired) electrons. The highest BCUT2D eigenvalue weighted by Gasteiger charge is 2.16. The summed E-state index contributed by atoms with van der Waals surface area (Å²) >= 11 is 5.99. The van der Waals surface area contributed by atoms with Crippen LogP contribution in [0.2, 0.25) is 5.02 Å². The first-order valence-corrected chi connectivity index (χ1v) is 6.50. The highest BCUT2D eigenvalue weighted by atomic mass is 35.5. The van der Waals surface area contributed by atoms with Crippen LogP contribution in [0, 0.1) is 21.4 Å². The number of nitrogens with zero attached hydrogens (tertiary/aromatic N) is 2. The largest absolute Gasteiger partial charge is 0.489 e. The number of nitro benzene ring substituents is 1. The maximum Gasteiger partial charge on any atom is 0.277 e. The minimum atomic E-state index is -0.486. The molecule has 0 aliphatic rings. The van der Waals surface area contributed by atoms with Crippen LogP contribution in [0.15, 0.2) is 42.5 Å². The first-order chi connectivity index (χ1) is 10.1. The summed E-state index contributed by atoms with van der Waals surface area (Å²) in [6.07, 6.45) is 0.330. The lowest BCUT2D eigenvalue weighted by atomic mass is 10.1. The van der Waals surface area contributed by atoms with Gasteiger partial charge in [0.25, 0.3) is 5.69 Å². The van der Waals surface area contributed by atoms with Gasteiger partial charge in [0, 0.05) is 6.07 Å². The van der Waals surface area contributed by atoms with Crippen LogP contribution >= 0.6 is 11.6 Å². The smallest absolute Gasteiger partial charge is 0.277 e. The van der Waals surface area contributed by atoms with Crippen molar-refractivity contribution < 1.29 is 9.66 Å². The second kappa shape index (κ2) is 6.73. The fraction of sp³-hybridized carbons (Fsp3) is 0.133. The van der Waals surface area contributed by atoms with Gasteiger partial charge in [0.1, 0.15) is 12.4 Å². The summed E-state index contributed by atoms with van der Waals surface area (Å²) in [4.78, 5) is 10.5. The molecule has 0 aliphatic heterocycles. The Kier molecular flexibility index (Phi) is 4.75. The summed E-state index contributed by atoms with van der Waals surface area (Å²) in [6, 6.07) is 13.5.